The Morgan fingerprint density at radius 3 is 2.64 bits per heavy atom. The molecule has 0 saturated carbocycles. The maximum Gasteiger partial charge on any atom is 0.314 e. The van der Waals surface area contributed by atoms with E-state index in [0.29, 0.717) is 32.1 Å². The zero-order chi connectivity index (χ0) is 19.3. The van der Waals surface area contributed by atoms with Crippen LogP contribution in [-0.4, -0.2) is 66.8 Å². The number of anilines is 3. The van der Waals surface area contributed by atoms with Crippen LogP contribution >= 0.6 is 0 Å². The van der Waals surface area contributed by atoms with Crippen LogP contribution in [0.2, 0.25) is 0 Å². The van der Waals surface area contributed by atoms with Gasteiger partial charge in [0.05, 0.1) is 12.7 Å². The number of amides is 2. The van der Waals surface area contributed by atoms with Crippen molar-refractivity contribution in [3.05, 3.63) is 42.1 Å². The second-order valence-corrected chi connectivity index (χ2v) is 6.86. The largest absolute Gasteiger partial charge is 0.371 e. The molecule has 148 valence electrons. The van der Waals surface area contributed by atoms with Gasteiger partial charge in [-0.3, -0.25) is 0 Å². The summed E-state index contributed by atoms with van der Waals surface area (Å²) in [5.74, 6) is 1.37. The van der Waals surface area contributed by atoms with Crippen molar-refractivity contribution in [2.75, 3.05) is 56.1 Å². The number of morpholine rings is 1. The van der Waals surface area contributed by atoms with Crippen molar-refractivity contribution in [1.82, 2.24) is 20.2 Å². The maximum atomic E-state index is 11.3. The minimum atomic E-state index is -0.373. The molecule has 1 unspecified atom stereocenters. The van der Waals surface area contributed by atoms with E-state index in [1.807, 2.05) is 18.2 Å². The van der Waals surface area contributed by atoms with E-state index in [1.165, 1.54) is 0 Å². The van der Waals surface area contributed by atoms with Gasteiger partial charge in [0.2, 0.25) is 5.95 Å². The number of piperazine rings is 1. The van der Waals surface area contributed by atoms with Crippen molar-refractivity contribution in [3.8, 4) is 0 Å². The first-order valence-electron chi connectivity index (χ1n) is 9.51. The van der Waals surface area contributed by atoms with Crippen LogP contribution in [0.5, 0.6) is 0 Å². The van der Waals surface area contributed by atoms with Crippen LogP contribution in [-0.2, 0) is 4.74 Å². The lowest BCUT2D eigenvalue weighted by molar-refractivity contribution is 0.0277. The number of rotatable bonds is 4. The van der Waals surface area contributed by atoms with E-state index in [2.05, 4.69) is 37.6 Å². The Hall–Kier alpha value is -2.91. The van der Waals surface area contributed by atoms with Crippen LogP contribution in [0.4, 0.5) is 22.2 Å². The van der Waals surface area contributed by atoms with Crippen molar-refractivity contribution in [1.29, 1.82) is 0 Å². The summed E-state index contributed by atoms with van der Waals surface area (Å²) in [6.07, 6.45) is 1.84. The second kappa shape index (κ2) is 8.41. The molecule has 3 heterocycles. The zero-order valence-corrected chi connectivity index (χ0v) is 15.7. The predicted octanol–water partition coefficient (Wildman–Crippen LogP) is 1.08. The molecule has 0 aliphatic carbocycles. The van der Waals surface area contributed by atoms with Crippen LogP contribution in [0.25, 0.3) is 0 Å². The standard InChI is InChI=1S/C19H25N7O2/c20-18(27)26-10-8-25(9-11-26)17-5-6-22-19(24-17)23-15-3-1-14(2-4-15)16-13-21-7-12-28-16/h1-6,16,21H,7-13H2,(H2,20,27)(H,22,23,24). The molecule has 2 aliphatic rings. The number of primary amides is 1. The molecule has 9 heteroatoms. The Morgan fingerprint density at radius 1 is 1.18 bits per heavy atom. The van der Waals surface area contributed by atoms with E-state index in [1.54, 1.807) is 11.1 Å². The summed E-state index contributed by atoms with van der Waals surface area (Å²) in [5, 5.41) is 6.59. The summed E-state index contributed by atoms with van der Waals surface area (Å²) in [6.45, 7) is 5.07. The van der Waals surface area contributed by atoms with Crippen molar-refractivity contribution in [3.63, 3.8) is 0 Å². The number of benzene rings is 1. The molecule has 4 N–H and O–H groups in total. The van der Waals surface area contributed by atoms with Gasteiger partial charge in [-0.1, -0.05) is 12.1 Å². The van der Waals surface area contributed by atoms with E-state index < -0.39 is 0 Å². The van der Waals surface area contributed by atoms with Crippen LogP contribution in [0.1, 0.15) is 11.7 Å². The van der Waals surface area contributed by atoms with Gasteiger partial charge in [0.25, 0.3) is 0 Å². The second-order valence-electron chi connectivity index (χ2n) is 6.86. The lowest BCUT2D eigenvalue weighted by Gasteiger charge is -2.34. The molecule has 28 heavy (non-hydrogen) atoms. The lowest BCUT2D eigenvalue weighted by Crippen LogP contribution is -2.50. The molecule has 2 fully saturated rings. The van der Waals surface area contributed by atoms with E-state index in [0.717, 1.165) is 36.8 Å². The number of hydrogen-bond acceptors (Lipinski definition) is 7. The van der Waals surface area contributed by atoms with Gasteiger partial charge in [-0.2, -0.15) is 4.98 Å². The van der Waals surface area contributed by atoms with Gasteiger partial charge in [-0.15, -0.1) is 0 Å². The van der Waals surface area contributed by atoms with Gasteiger partial charge in [-0.25, -0.2) is 9.78 Å². The number of nitrogens with zero attached hydrogens (tertiary/aromatic N) is 4. The summed E-state index contributed by atoms with van der Waals surface area (Å²) in [4.78, 5) is 24.0. The number of carbonyl (C=O) groups is 1. The lowest BCUT2D eigenvalue weighted by atomic mass is 10.1. The third-order valence-corrected chi connectivity index (χ3v) is 5.02. The summed E-state index contributed by atoms with van der Waals surface area (Å²) < 4.78 is 5.78. The van der Waals surface area contributed by atoms with Crippen LogP contribution in [0, 0.1) is 0 Å². The topological polar surface area (TPSA) is 109 Å². The maximum absolute atomic E-state index is 11.3. The van der Waals surface area contributed by atoms with Gasteiger partial charge < -0.3 is 30.9 Å². The highest BCUT2D eigenvalue weighted by molar-refractivity contribution is 5.72. The number of carbonyl (C=O) groups excluding carboxylic acids is 1. The first-order valence-corrected chi connectivity index (χ1v) is 9.51. The van der Waals surface area contributed by atoms with Crippen LogP contribution in [0.15, 0.2) is 36.5 Å². The fraction of sp³-hybridized carbons (Fsp3) is 0.421. The van der Waals surface area contributed by atoms with Gasteiger partial charge in [0.1, 0.15) is 5.82 Å². The minimum Gasteiger partial charge on any atom is -0.371 e. The number of ether oxygens (including phenoxy) is 1. The molecule has 0 bridgehead atoms. The average molecular weight is 383 g/mol. The smallest absolute Gasteiger partial charge is 0.314 e. The molecule has 2 aromatic rings. The Bertz CT molecular complexity index is 800. The first-order chi connectivity index (χ1) is 13.7. The van der Waals surface area contributed by atoms with Crippen molar-refractivity contribution < 1.29 is 9.53 Å². The molecule has 1 aromatic carbocycles. The van der Waals surface area contributed by atoms with Crippen molar-refractivity contribution >= 4 is 23.5 Å². The monoisotopic (exact) mass is 383 g/mol. The van der Waals surface area contributed by atoms with Crippen molar-refractivity contribution in [2.45, 2.75) is 6.10 Å². The summed E-state index contributed by atoms with van der Waals surface area (Å²) in [6, 6.07) is 9.65. The summed E-state index contributed by atoms with van der Waals surface area (Å²) >= 11 is 0. The molecule has 2 amide bonds. The first kappa shape index (κ1) is 18.5. The van der Waals surface area contributed by atoms with E-state index >= 15 is 0 Å². The third-order valence-electron chi connectivity index (χ3n) is 5.02. The van der Waals surface area contributed by atoms with Crippen molar-refractivity contribution in [2.24, 2.45) is 5.73 Å². The molecule has 1 atom stereocenters. The van der Waals surface area contributed by atoms with Gasteiger partial charge in [0, 0.05) is 51.2 Å². The molecule has 2 aliphatic heterocycles. The molecule has 0 radical (unpaired) electrons. The van der Waals surface area contributed by atoms with Gasteiger partial charge in [0.15, 0.2) is 0 Å². The quantitative estimate of drug-likeness (QED) is 0.725. The highest BCUT2D eigenvalue weighted by Crippen LogP contribution is 2.22. The molecule has 4 rings (SSSR count). The van der Waals surface area contributed by atoms with E-state index in [9.17, 15) is 4.79 Å². The fourth-order valence-corrected chi connectivity index (χ4v) is 3.43. The molecule has 0 spiro atoms. The van der Waals surface area contributed by atoms with E-state index in [4.69, 9.17) is 10.5 Å². The fourth-order valence-electron chi connectivity index (χ4n) is 3.43. The number of urea groups is 1. The minimum absolute atomic E-state index is 0.0986. The molecule has 2 saturated heterocycles. The molecule has 9 nitrogen and oxygen atoms in total. The van der Waals surface area contributed by atoms with Gasteiger partial charge in [-0.05, 0) is 23.8 Å². The highest BCUT2D eigenvalue weighted by atomic mass is 16.5. The van der Waals surface area contributed by atoms with Crippen LogP contribution < -0.4 is 21.3 Å². The number of hydrogen-bond donors (Lipinski definition) is 3. The molecular formula is C19H25N7O2. The Kier molecular flexibility index (Phi) is 5.54. The number of aromatic nitrogens is 2. The zero-order valence-electron chi connectivity index (χ0n) is 15.7. The normalized spacial score (nSPS) is 20.1. The third kappa shape index (κ3) is 4.32. The van der Waals surface area contributed by atoms with Crippen LogP contribution in [0.3, 0.4) is 0 Å². The Labute approximate surface area is 163 Å². The number of nitrogens with one attached hydrogen (secondary N) is 2. The van der Waals surface area contributed by atoms with Gasteiger partial charge >= 0.3 is 6.03 Å². The molecule has 1 aromatic heterocycles. The Morgan fingerprint density at radius 2 is 1.96 bits per heavy atom. The summed E-state index contributed by atoms with van der Waals surface area (Å²) in [5.41, 5.74) is 7.41. The highest BCUT2D eigenvalue weighted by Gasteiger charge is 2.20. The summed E-state index contributed by atoms with van der Waals surface area (Å²) in [7, 11) is 0. The Balaban J connectivity index is 1.39. The predicted molar refractivity (Wildman–Crippen MR) is 107 cm³/mol. The molecular weight excluding hydrogens is 358 g/mol. The SMILES string of the molecule is NC(=O)N1CCN(c2ccnc(Nc3ccc(C4CNCCO4)cc3)n2)CC1. The number of nitrogens with two attached hydrogens (primary N) is 1. The average Bonchev–Trinajstić information content (AvgIpc) is 2.75. The van der Waals surface area contributed by atoms with E-state index in [-0.39, 0.29) is 12.1 Å².